The molecule has 0 aliphatic heterocycles. The van der Waals surface area contributed by atoms with E-state index in [9.17, 15) is 4.79 Å². The lowest BCUT2D eigenvalue weighted by molar-refractivity contribution is 0.0922. The highest BCUT2D eigenvalue weighted by molar-refractivity contribution is 7.09. The molecule has 6 heteroatoms. The second-order valence-electron chi connectivity index (χ2n) is 5.38. The fourth-order valence-electron chi connectivity index (χ4n) is 2.26. The van der Waals surface area contributed by atoms with Crippen LogP contribution in [0.1, 0.15) is 29.3 Å². The molecule has 0 aliphatic rings. The highest BCUT2D eigenvalue weighted by atomic mass is 32.1. The van der Waals surface area contributed by atoms with E-state index in [1.54, 1.807) is 5.38 Å². The summed E-state index contributed by atoms with van der Waals surface area (Å²) in [6.45, 7) is 14.3. The van der Waals surface area contributed by atoms with E-state index in [1.165, 1.54) is 11.3 Å². The molecule has 0 spiro atoms. The van der Waals surface area contributed by atoms with Crippen LogP contribution in [-0.4, -0.2) is 41.5 Å². The SMILES string of the molecule is C=CCN(CC=C)C(CNC(=O)c1csc(CN)n1)C(C)C. The van der Waals surface area contributed by atoms with E-state index >= 15 is 0 Å². The van der Waals surface area contributed by atoms with Gasteiger partial charge in [-0.1, -0.05) is 26.0 Å². The average molecular weight is 322 g/mol. The third kappa shape index (κ3) is 5.36. The molecule has 3 N–H and O–H groups in total. The average Bonchev–Trinajstić information content (AvgIpc) is 2.96. The fourth-order valence-corrected chi connectivity index (χ4v) is 2.91. The molecule has 0 saturated heterocycles. The van der Waals surface area contributed by atoms with Gasteiger partial charge in [-0.15, -0.1) is 24.5 Å². The van der Waals surface area contributed by atoms with Gasteiger partial charge in [0.1, 0.15) is 10.7 Å². The molecule has 22 heavy (non-hydrogen) atoms. The first-order valence-electron chi connectivity index (χ1n) is 7.42. The Labute approximate surface area is 136 Å². The molecule has 0 fully saturated rings. The molecule has 0 bridgehead atoms. The van der Waals surface area contributed by atoms with Crippen LogP contribution in [0.4, 0.5) is 0 Å². The van der Waals surface area contributed by atoms with Crippen molar-refractivity contribution in [3.05, 3.63) is 41.4 Å². The highest BCUT2D eigenvalue weighted by Crippen LogP contribution is 2.12. The van der Waals surface area contributed by atoms with Gasteiger partial charge in [0.2, 0.25) is 0 Å². The van der Waals surface area contributed by atoms with E-state index in [-0.39, 0.29) is 11.9 Å². The first-order chi connectivity index (χ1) is 10.5. The van der Waals surface area contributed by atoms with Gasteiger partial charge in [0.15, 0.2) is 0 Å². The molecule has 1 atom stereocenters. The summed E-state index contributed by atoms with van der Waals surface area (Å²) in [4.78, 5) is 18.6. The highest BCUT2D eigenvalue weighted by Gasteiger charge is 2.21. The van der Waals surface area contributed by atoms with E-state index < -0.39 is 0 Å². The summed E-state index contributed by atoms with van der Waals surface area (Å²) in [5.74, 6) is 0.244. The number of amides is 1. The summed E-state index contributed by atoms with van der Waals surface area (Å²) in [5.41, 5.74) is 5.96. The maximum absolute atomic E-state index is 12.2. The van der Waals surface area contributed by atoms with Gasteiger partial charge >= 0.3 is 0 Å². The minimum Gasteiger partial charge on any atom is -0.349 e. The van der Waals surface area contributed by atoms with Crippen molar-refractivity contribution in [3.63, 3.8) is 0 Å². The summed E-state index contributed by atoms with van der Waals surface area (Å²) in [6, 6.07) is 0.215. The lowest BCUT2D eigenvalue weighted by Gasteiger charge is -2.33. The molecule has 1 amide bonds. The largest absolute Gasteiger partial charge is 0.349 e. The predicted molar refractivity (Wildman–Crippen MR) is 92.9 cm³/mol. The number of thiazole rings is 1. The molecule has 1 aromatic heterocycles. The van der Waals surface area contributed by atoms with Crippen molar-refractivity contribution < 1.29 is 4.79 Å². The van der Waals surface area contributed by atoms with Crippen LogP contribution >= 0.6 is 11.3 Å². The van der Waals surface area contributed by atoms with E-state index in [4.69, 9.17) is 5.73 Å². The standard InChI is InChI=1S/C16H26N4OS/c1-5-7-20(8-6-2)14(12(3)4)10-18-16(21)13-11-22-15(9-17)19-13/h5-6,11-12,14H,1-2,7-10,17H2,3-4H3,(H,18,21). The first kappa shape index (κ1) is 18.5. The second kappa shape index (κ2) is 9.50. The number of carbonyl (C=O) groups excluding carboxylic acids is 1. The first-order valence-corrected chi connectivity index (χ1v) is 8.29. The molecular weight excluding hydrogens is 296 g/mol. The van der Waals surface area contributed by atoms with Gasteiger partial charge in [-0.3, -0.25) is 9.69 Å². The van der Waals surface area contributed by atoms with Crippen LogP contribution in [0.3, 0.4) is 0 Å². The summed E-state index contributed by atoms with van der Waals surface area (Å²) in [5, 5.41) is 5.48. The van der Waals surface area contributed by atoms with Gasteiger partial charge in [0.05, 0.1) is 0 Å². The fraction of sp³-hybridized carbons (Fsp3) is 0.500. The zero-order chi connectivity index (χ0) is 16.5. The van der Waals surface area contributed by atoms with Crippen LogP contribution in [0.15, 0.2) is 30.7 Å². The third-order valence-corrected chi connectivity index (χ3v) is 4.27. The van der Waals surface area contributed by atoms with Crippen molar-refractivity contribution in [2.24, 2.45) is 11.7 Å². The number of nitrogens with zero attached hydrogens (tertiary/aromatic N) is 2. The molecule has 0 aromatic carbocycles. The number of nitrogens with two attached hydrogens (primary N) is 1. The van der Waals surface area contributed by atoms with Crippen molar-refractivity contribution in [1.29, 1.82) is 0 Å². The Kier molecular flexibility index (Phi) is 8.01. The maximum atomic E-state index is 12.2. The Bertz CT molecular complexity index is 488. The molecule has 0 aliphatic carbocycles. The topological polar surface area (TPSA) is 71.2 Å². The Morgan fingerprint density at radius 3 is 2.55 bits per heavy atom. The minimum atomic E-state index is -0.154. The van der Waals surface area contributed by atoms with Crippen molar-refractivity contribution in [2.75, 3.05) is 19.6 Å². The smallest absolute Gasteiger partial charge is 0.270 e. The summed E-state index contributed by atoms with van der Waals surface area (Å²) in [7, 11) is 0. The van der Waals surface area contributed by atoms with Gasteiger partial charge in [-0.25, -0.2) is 4.98 Å². The van der Waals surface area contributed by atoms with Crippen LogP contribution in [0, 0.1) is 5.92 Å². The number of nitrogens with one attached hydrogen (secondary N) is 1. The maximum Gasteiger partial charge on any atom is 0.270 e. The Morgan fingerprint density at radius 2 is 2.09 bits per heavy atom. The van der Waals surface area contributed by atoms with E-state index in [2.05, 4.69) is 42.2 Å². The molecule has 1 rings (SSSR count). The summed E-state index contributed by atoms with van der Waals surface area (Å²) < 4.78 is 0. The Balaban J connectivity index is 2.68. The van der Waals surface area contributed by atoms with Gasteiger partial charge in [-0.05, 0) is 5.92 Å². The van der Waals surface area contributed by atoms with Crippen LogP contribution in [-0.2, 0) is 6.54 Å². The van der Waals surface area contributed by atoms with E-state index in [1.807, 2.05) is 12.2 Å². The molecular formula is C16H26N4OS. The third-order valence-electron chi connectivity index (χ3n) is 3.40. The Hall–Kier alpha value is -1.50. The van der Waals surface area contributed by atoms with Crippen LogP contribution < -0.4 is 11.1 Å². The number of aromatic nitrogens is 1. The lowest BCUT2D eigenvalue weighted by Crippen LogP contribution is -2.47. The zero-order valence-corrected chi connectivity index (χ0v) is 14.2. The molecule has 1 aromatic rings. The zero-order valence-electron chi connectivity index (χ0n) is 13.4. The van der Waals surface area contributed by atoms with Crippen LogP contribution in [0.2, 0.25) is 0 Å². The second-order valence-corrected chi connectivity index (χ2v) is 6.33. The minimum absolute atomic E-state index is 0.154. The summed E-state index contributed by atoms with van der Waals surface area (Å²) in [6.07, 6.45) is 3.74. The number of rotatable bonds is 10. The van der Waals surface area contributed by atoms with Gasteiger partial charge in [0.25, 0.3) is 5.91 Å². The van der Waals surface area contributed by atoms with Crippen molar-refractivity contribution in [3.8, 4) is 0 Å². The lowest BCUT2D eigenvalue weighted by atomic mass is 10.0. The molecule has 1 unspecified atom stereocenters. The van der Waals surface area contributed by atoms with Gasteiger partial charge in [0, 0.05) is 37.6 Å². The van der Waals surface area contributed by atoms with E-state index in [0.717, 1.165) is 18.1 Å². The quantitative estimate of drug-likeness (QED) is 0.647. The molecule has 1 heterocycles. The Morgan fingerprint density at radius 1 is 1.45 bits per heavy atom. The molecule has 122 valence electrons. The van der Waals surface area contributed by atoms with Gasteiger partial charge in [-0.2, -0.15) is 0 Å². The molecule has 5 nitrogen and oxygen atoms in total. The summed E-state index contributed by atoms with van der Waals surface area (Å²) >= 11 is 1.41. The van der Waals surface area contributed by atoms with Crippen LogP contribution in [0.25, 0.3) is 0 Å². The number of hydrogen-bond acceptors (Lipinski definition) is 5. The van der Waals surface area contributed by atoms with Crippen molar-refractivity contribution in [2.45, 2.75) is 26.4 Å². The molecule has 0 saturated carbocycles. The predicted octanol–water partition coefficient (Wildman–Crippen LogP) is 2.03. The normalized spacial score (nSPS) is 12.4. The monoisotopic (exact) mass is 322 g/mol. The van der Waals surface area contributed by atoms with Crippen molar-refractivity contribution >= 4 is 17.2 Å². The van der Waals surface area contributed by atoms with Gasteiger partial charge < -0.3 is 11.1 Å². The number of carbonyl (C=O) groups is 1. The number of hydrogen-bond donors (Lipinski definition) is 2. The molecule has 0 radical (unpaired) electrons. The van der Waals surface area contributed by atoms with Crippen LogP contribution in [0.5, 0.6) is 0 Å². The van der Waals surface area contributed by atoms with E-state index in [0.29, 0.717) is 24.7 Å². The van der Waals surface area contributed by atoms with Crippen molar-refractivity contribution in [1.82, 2.24) is 15.2 Å².